The van der Waals surface area contributed by atoms with Gasteiger partial charge >= 0.3 is 0 Å². The molecule has 1 aliphatic heterocycles. The Kier molecular flexibility index (Phi) is 1.51. The number of hydrogen-bond donors (Lipinski definition) is 0. The highest BCUT2D eigenvalue weighted by Gasteiger charge is 2.30. The van der Waals surface area contributed by atoms with Crippen LogP contribution in [0, 0.1) is 0 Å². The zero-order valence-electron chi connectivity index (χ0n) is 10.3. The van der Waals surface area contributed by atoms with E-state index in [1.807, 2.05) is 0 Å². The van der Waals surface area contributed by atoms with E-state index in [4.69, 9.17) is 0 Å². The summed E-state index contributed by atoms with van der Waals surface area (Å²) in [5.41, 5.74) is 5.20. The number of aromatic nitrogens is 3. The lowest BCUT2D eigenvalue weighted by atomic mass is 10.1. The third kappa shape index (κ3) is 1.06. The van der Waals surface area contributed by atoms with Crippen molar-refractivity contribution in [2.45, 2.75) is 6.54 Å². The van der Waals surface area contributed by atoms with Crippen molar-refractivity contribution in [3.8, 4) is 11.4 Å². The van der Waals surface area contributed by atoms with Gasteiger partial charge in [0, 0.05) is 11.8 Å². The van der Waals surface area contributed by atoms with Crippen LogP contribution in [-0.2, 0) is 6.54 Å². The molecule has 0 N–H and O–H groups in total. The fourth-order valence-corrected chi connectivity index (χ4v) is 3.18. The molecule has 1 aliphatic rings. The van der Waals surface area contributed by atoms with Crippen molar-refractivity contribution in [2.75, 3.05) is 0 Å². The van der Waals surface area contributed by atoms with E-state index >= 15 is 0 Å². The molecular weight excluding hydrogens is 234 g/mol. The van der Waals surface area contributed by atoms with E-state index < -0.39 is 0 Å². The Morgan fingerprint density at radius 3 is 2.84 bits per heavy atom. The third-order valence-corrected chi connectivity index (χ3v) is 4.02. The fourth-order valence-electron chi connectivity index (χ4n) is 3.18. The van der Waals surface area contributed by atoms with Gasteiger partial charge in [0.25, 0.3) is 11.5 Å². The Morgan fingerprint density at radius 2 is 1.84 bits per heavy atom. The minimum absolute atomic E-state index is 0.974. The first-order valence-electron chi connectivity index (χ1n) is 6.51. The number of pyridine rings is 1. The van der Waals surface area contributed by atoms with Gasteiger partial charge in [-0.3, -0.25) is 4.40 Å². The topological polar surface area (TPSA) is 12.7 Å². The minimum Gasteiger partial charge on any atom is -0.277 e. The standard InChI is InChI=1S/C16H12N3/c1-2-7-14-12(5-1)9-17-11-15-18-8-4-3-6-13(18)10-19(15)16(14)17/h1-8,10-11H,9H2/q+1. The molecule has 90 valence electrons. The quantitative estimate of drug-likeness (QED) is 0.372. The van der Waals surface area contributed by atoms with Crippen molar-refractivity contribution in [2.24, 2.45) is 0 Å². The molecule has 0 amide bonds. The van der Waals surface area contributed by atoms with Crippen LogP contribution < -0.4 is 4.57 Å². The van der Waals surface area contributed by atoms with Crippen LogP contribution in [0.3, 0.4) is 0 Å². The summed E-state index contributed by atoms with van der Waals surface area (Å²) >= 11 is 0. The van der Waals surface area contributed by atoms with Gasteiger partial charge in [0.1, 0.15) is 12.7 Å². The van der Waals surface area contributed by atoms with Crippen molar-refractivity contribution < 1.29 is 4.57 Å². The Morgan fingerprint density at radius 1 is 0.947 bits per heavy atom. The summed E-state index contributed by atoms with van der Waals surface area (Å²) in [6.07, 6.45) is 6.57. The molecule has 0 fully saturated rings. The molecule has 0 aliphatic carbocycles. The van der Waals surface area contributed by atoms with Crippen LogP contribution in [0.4, 0.5) is 0 Å². The summed E-state index contributed by atoms with van der Waals surface area (Å²) in [6.45, 7) is 0.974. The number of nitrogens with zero attached hydrogens (tertiary/aromatic N) is 3. The molecule has 19 heavy (non-hydrogen) atoms. The Balaban J connectivity index is 1.97. The maximum Gasteiger partial charge on any atom is 0.296 e. The smallest absolute Gasteiger partial charge is 0.277 e. The van der Waals surface area contributed by atoms with Crippen LogP contribution in [-0.4, -0.2) is 8.80 Å². The van der Waals surface area contributed by atoms with Crippen molar-refractivity contribution in [1.29, 1.82) is 0 Å². The van der Waals surface area contributed by atoms with Crippen molar-refractivity contribution >= 4 is 11.2 Å². The van der Waals surface area contributed by atoms with Crippen LogP contribution in [0.25, 0.3) is 22.6 Å². The van der Waals surface area contributed by atoms with Crippen LogP contribution >= 0.6 is 0 Å². The molecular formula is C16H12N3+. The van der Waals surface area contributed by atoms with Gasteiger partial charge in [-0.2, -0.15) is 4.40 Å². The van der Waals surface area contributed by atoms with E-state index in [9.17, 15) is 0 Å². The van der Waals surface area contributed by atoms with Gasteiger partial charge in [-0.1, -0.05) is 24.3 Å². The molecule has 3 nitrogen and oxygen atoms in total. The number of rotatable bonds is 0. The monoisotopic (exact) mass is 246 g/mol. The second-order valence-electron chi connectivity index (χ2n) is 5.09. The molecule has 0 atom stereocenters. The average molecular weight is 246 g/mol. The zero-order valence-corrected chi connectivity index (χ0v) is 10.3. The molecule has 0 saturated carbocycles. The SMILES string of the molecule is c1ccc2c(c1)C[n+]1cc3n(cc4ccccn43)c1-2. The number of benzene rings is 1. The van der Waals surface area contributed by atoms with Gasteiger partial charge in [-0.15, -0.1) is 0 Å². The lowest BCUT2D eigenvalue weighted by Crippen LogP contribution is -2.29. The number of imidazole rings is 2. The van der Waals surface area contributed by atoms with E-state index in [1.54, 1.807) is 0 Å². The van der Waals surface area contributed by atoms with Gasteiger partial charge in [0.15, 0.2) is 6.20 Å². The lowest BCUT2D eigenvalue weighted by Gasteiger charge is -1.92. The normalized spacial score (nSPS) is 13.1. The van der Waals surface area contributed by atoms with Crippen LogP contribution in [0.15, 0.2) is 61.1 Å². The molecule has 3 aromatic heterocycles. The predicted molar refractivity (Wildman–Crippen MR) is 73.1 cm³/mol. The van der Waals surface area contributed by atoms with E-state index in [0.29, 0.717) is 0 Å². The molecule has 4 aromatic rings. The predicted octanol–water partition coefficient (Wildman–Crippen LogP) is 2.51. The Hall–Kier alpha value is -2.55. The molecule has 0 unspecified atom stereocenters. The van der Waals surface area contributed by atoms with Crippen LogP contribution in [0.1, 0.15) is 5.56 Å². The Labute approximate surface area is 110 Å². The maximum atomic E-state index is 2.33. The van der Waals surface area contributed by atoms with Gasteiger partial charge in [0.2, 0.25) is 0 Å². The maximum absolute atomic E-state index is 2.33. The molecule has 1 aromatic carbocycles. The van der Waals surface area contributed by atoms with Crippen molar-refractivity contribution in [1.82, 2.24) is 8.80 Å². The summed E-state index contributed by atoms with van der Waals surface area (Å²) in [6, 6.07) is 14.9. The highest BCUT2D eigenvalue weighted by molar-refractivity contribution is 5.67. The summed E-state index contributed by atoms with van der Waals surface area (Å²) in [5.74, 6) is 1.29. The number of hydrogen-bond acceptors (Lipinski definition) is 0. The fraction of sp³-hybridized carbons (Fsp3) is 0.0625. The first-order chi connectivity index (χ1) is 9.42. The van der Waals surface area contributed by atoms with E-state index in [1.165, 1.54) is 28.1 Å². The second-order valence-corrected chi connectivity index (χ2v) is 5.09. The largest absolute Gasteiger partial charge is 0.296 e. The van der Waals surface area contributed by atoms with Gasteiger partial charge in [0.05, 0.1) is 11.1 Å². The summed E-state index contributed by atoms with van der Waals surface area (Å²) in [7, 11) is 0. The molecule has 0 spiro atoms. The van der Waals surface area contributed by atoms with E-state index in [-0.39, 0.29) is 0 Å². The zero-order chi connectivity index (χ0) is 12.4. The minimum atomic E-state index is 0.974. The van der Waals surface area contributed by atoms with Crippen LogP contribution in [0.5, 0.6) is 0 Å². The van der Waals surface area contributed by atoms with E-state index in [2.05, 4.69) is 74.4 Å². The highest BCUT2D eigenvalue weighted by atomic mass is 15.2. The third-order valence-electron chi connectivity index (χ3n) is 4.02. The molecule has 4 heterocycles. The molecule has 0 saturated heterocycles. The summed E-state index contributed by atoms with van der Waals surface area (Å²) in [4.78, 5) is 0. The molecule has 5 rings (SSSR count). The first kappa shape index (κ1) is 9.39. The number of fused-ring (bicyclic) bond motifs is 7. The summed E-state index contributed by atoms with van der Waals surface area (Å²) < 4.78 is 6.86. The molecule has 0 radical (unpaired) electrons. The van der Waals surface area contributed by atoms with E-state index in [0.717, 1.165) is 6.54 Å². The average Bonchev–Trinajstić information content (AvgIpc) is 3.05. The molecule has 3 heteroatoms. The van der Waals surface area contributed by atoms with Crippen molar-refractivity contribution in [3.63, 3.8) is 0 Å². The van der Waals surface area contributed by atoms with Gasteiger partial charge in [-0.25, -0.2) is 4.57 Å². The molecule has 0 bridgehead atoms. The lowest BCUT2D eigenvalue weighted by molar-refractivity contribution is -0.670. The first-order valence-corrected chi connectivity index (χ1v) is 6.51. The highest BCUT2D eigenvalue weighted by Crippen LogP contribution is 2.28. The van der Waals surface area contributed by atoms with Crippen molar-refractivity contribution in [3.05, 3.63) is 66.6 Å². The van der Waals surface area contributed by atoms with Gasteiger partial charge < -0.3 is 0 Å². The Bertz CT molecular complexity index is 943. The van der Waals surface area contributed by atoms with Gasteiger partial charge in [-0.05, 0) is 18.2 Å². The van der Waals surface area contributed by atoms with Crippen LogP contribution in [0.2, 0.25) is 0 Å². The summed E-state index contributed by atoms with van der Waals surface area (Å²) in [5, 5.41) is 0. The second kappa shape index (κ2) is 3.06.